The number of aryl methyl sites for hydroxylation is 1. The molecule has 0 unspecified atom stereocenters. The Morgan fingerprint density at radius 2 is 1.74 bits per heavy atom. The smallest absolute Gasteiger partial charge is 0.261 e. The molecule has 0 fully saturated rings. The van der Waals surface area contributed by atoms with Crippen LogP contribution in [0.5, 0.6) is 11.5 Å². The second-order valence-corrected chi connectivity index (χ2v) is 7.72. The Balaban J connectivity index is 2.21. The van der Waals surface area contributed by atoms with Gasteiger partial charge in [-0.3, -0.25) is 9.59 Å². The topological polar surface area (TPSA) is 67.9 Å². The van der Waals surface area contributed by atoms with Crippen molar-refractivity contribution in [2.24, 2.45) is 0 Å². The van der Waals surface area contributed by atoms with Gasteiger partial charge in [-0.15, -0.1) is 0 Å². The molecule has 0 aromatic heterocycles. The first-order valence-corrected chi connectivity index (χ1v) is 10.8. The molecule has 0 saturated carbocycles. The molecular weight excluding hydrogens is 392 g/mol. The van der Waals surface area contributed by atoms with Gasteiger partial charge in [0, 0.05) is 12.6 Å². The van der Waals surface area contributed by atoms with Gasteiger partial charge in [-0.05, 0) is 62.1 Å². The number of nitrogens with zero attached hydrogens (tertiary/aromatic N) is 1. The summed E-state index contributed by atoms with van der Waals surface area (Å²) in [6.45, 7) is 8.04. The van der Waals surface area contributed by atoms with Gasteiger partial charge in [0.05, 0.1) is 7.11 Å². The van der Waals surface area contributed by atoms with Gasteiger partial charge < -0.3 is 19.7 Å². The number of methoxy groups -OCH3 is 1. The van der Waals surface area contributed by atoms with E-state index < -0.39 is 6.04 Å². The van der Waals surface area contributed by atoms with Crippen molar-refractivity contribution in [3.05, 3.63) is 59.7 Å². The van der Waals surface area contributed by atoms with E-state index in [9.17, 15) is 9.59 Å². The standard InChI is InChI=1S/C25H34N2O4/c1-6-19(4)26-25(29)23(7-2)27(16-20-11-13-21(30-5)14-12-20)24(28)17-31-22-10-8-9-18(3)15-22/h8-15,19,23H,6-7,16-17H2,1-5H3,(H,26,29)/t19-,23+/m1/s1. The van der Waals surface area contributed by atoms with Crippen molar-refractivity contribution >= 4 is 11.8 Å². The molecule has 0 radical (unpaired) electrons. The lowest BCUT2D eigenvalue weighted by atomic mass is 10.1. The number of rotatable bonds is 11. The second kappa shape index (κ2) is 12.0. The molecule has 2 aromatic rings. The molecule has 2 atom stereocenters. The number of ether oxygens (including phenoxy) is 2. The summed E-state index contributed by atoms with van der Waals surface area (Å²) in [4.78, 5) is 27.7. The number of benzene rings is 2. The molecular formula is C25H34N2O4. The minimum absolute atomic E-state index is 0.0445. The summed E-state index contributed by atoms with van der Waals surface area (Å²) in [7, 11) is 1.61. The van der Waals surface area contributed by atoms with Crippen LogP contribution in [0.2, 0.25) is 0 Å². The van der Waals surface area contributed by atoms with E-state index in [1.165, 1.54) is 0 Å². The quantitative estimate of drug-likeness (QED) is 0.587. The monoisotopic (exact) mass is 426 g/mol. The largest absolute Gasteiger partial charge is 0.497 e. The van der Waals surface area contributed by atoms with Gasteiger partial charge in [0.15, 0.2) is 6.61 Å². The molecule has 0 aliphatic rings. The van der Waals surface area contributed by atoms with E-state index in [1.807, 2.05) is 76.2 Å². The Labute approximate surface area is 185 Å². The Bertz CT molecular complexity index is 851. The van der Waals surface area contributed by atoms with Crippen molar-refractivity contribution in [1.82, 2.24) is 10.2 Å². The lowest BCUT2D eigenvalue weighted by Crippen LogP contribution is -2.51. The van der Waals surface area contributed by atoms with Crippen LogP contribution in [0.15, 0.2) is 48.5 Å². The fraction of sp³-hybridized carbons (Fsp3) is 0.440. The van der Waals surface area contributed by atoms with E-state index in [2.05, 4.69) is 5.32 Å². The number of hydrogen-bond acceptors (Lipinski definition) is 4. The van der Waals surface area contributed by atoms with Gasteiger partial charge in [0.25, 0.3) is 5.91 Å². The molecule has 6 heteroatoms. The first-order valence-electron chi connectivity index (χ1n) is 10.8. The minimum Gasteiger partial charge on any atom is -0.497 e. The number of carbonyl (C=O) groups is 2. The van der Waals surface area contributed by atoms with Crippen molar-refractivity contribution in [2.45, 2.75) is 59.2 Å². The van der Waals surface area contributed by atoms with Gasteiger partial charge in [-0.2, -0.15) is 0 Å². The molecule has 31 heavy (non-hydrogen) atoms. The van der Waals surface area contributed by atoms with Crippen LogP contribution in [0, 0.1) is 6.92 Å². The van der Waals surface area contributed by atoms with Crippen LogP contribution in [0.1, 0.15) is 44.7 Å². The summed E-state index contributed by atoms with van der Waals surface area (Å²) in [5, 5.41) is 3.01. The Morgan fingerprint density at radius 3 is 2.32 bits per heavy atom. The van der Waals surface area contributed by atoms with Crippen molar-refractivity contribution in [2.75, 3.05) is 13.7 Å². The molecule has 2 aromatic carbocycles. The van der Waals surface area contributed by atoms with Gasteiger partial charge in [-0.1, -0.05) is 38.1 Å². The van der Waals surface area contributed by atoms with E-state index >= 15 is 0 Å². The lowest BCUT2D eigenvalue weighted by Gasteiger charge is -2.31. The summed E-state index contributed by atoms with van der Waals surface area (Å²) >= 11 is 0. The first kappa shape index (κ1) is 24.3. The molecule has 0 saturated heterocycles. The van der Waals surface area contributed by atoms with Crippen LogP contribution in [0.25, 0.3) is 0 Å². The summed E-state index contributed by atoms with van der Waals surface area (Å²) in [6, 6.07) is 14.5. The summed E-state index contributed by atoms with van der Waals surface area (Å²) < 4.78 is 11.0. The van der Waals surface area contributed by atoms with Crippen LogP contribution in [-0.4, -0.2) is 42.5 Å². The predicted octanol–water partition coefficient (Wildman–Crippen LogP) is 4.10. The van der Waals surface area contributed by atoms with Gasteiger partial charge >= 0.3 is 0 Å². The van der Waals surface area contributed by atoms with E-state index in [4.69, 9.17) is 9.47 Å². The Kier molecular flexibility index (Phi) is 9.38. The normalized spacial score (nSPS) is 12.5. The van der Waals surface area contributed by atoms with E-state index in [-0.39, 0.29) is 24.5 Å². The van der Waals surface area contributed by atoms with E-state index in [0.29, 0.717) is 18.7 Å². The number of nitrogens with one attached hydrogen (secondary N) is 1. The first-order chi connectivity index (χ1) is 14.9. The molecule has 0 aliphatic heterocycles. The van der Waals surface area contributed by atoms with Gasteiger partial charge in [0.2, 0.25) is 5.91 Å². The molecule has 1 N–H and O–H groups in total. The average molecular weight is 427 g/mol. The van der Waals surface area contributed by atoms with Crippen molar-refractivity contribution < 1.29 is 19.1 Å². The fourth-order valence-corrected chi connectivity index (χ4v) is 3.22. The van der Waals surface area contributed by atoms with Crippen molar-refractivity contribution in [1.29, 1.82) is 0 Å². The van der Waals surface area contributed by atoms with E-state index in [1.54, 1.807) is 12.0 Å². The molecule has 6 nitrogen and oxygen atoms in total. The van der Waals surface area contributed by atoms with Gasteiger partial charge in [-0.25, -0.2) is 0 Å². The van der Waals surface area contributed by atoms with Crippen LogP contribution in [-0.2, 0) is 16.1 Å². The van der Waals surface area contributed by atoms with Crippen LogP contribution in [0.3, 0.4) is 0 Å². The Morgan fingerprint density at radius 1 is 1.03 bits per heavy atom. The van der Waals surface area contributed by atoms with Crippen LogP contribution < -0.4 is 14.8 Å². The molecule has 2 amide bonds. The highest BCUT2D eigenvalue weighted by Crippen LogP contribution is 2.18. The highest BCUT2D eigenvalue weighted by Gasteiger charge is 2.29. The van der Waals surface area contributed by atoms with Crippen LogP contribution >= 0.6 is 0 Å². The third-order valence-corrected chi connectivity index (χ3v) is 5.25. The highest BCUT2D eigenvalue weighted by atomic mass is 16.5. The maximum Gasteiger partial charge on any atom is 0.261 e. The zero-order chi connectivity index (χ0) is 22.8. The highest BCUT2D eigenvalue weighted by molar-refractivity contribution is 5.88. The van der Waals surface area contributed by atoms with Crippen molar-refractivity contribution in [3.8, 4) is 11.5 Å². The molecule has 0 spiro atoms. The SMILES string of the molecule is CC[C@@H](C)NC(=O)[C@H](CC)N(Cc1ccc(OC)cc1)C(=O)COc1cccc(C)c1. The average Bonchev–Trinajstić information content (AvgIpc) is 2.77. The molecule has 2 rings (SSSR count). The van der Waals surface area contributed by atoms with E-state index in [0.717, 1.165) is 23.3 Å². The molecule has 168 valence electrons. The molecule has 0 aliphatic carbocycles. The Hall–Kier alpha value is -3.02. The second-order valence-electron chi connectivity index (χ2n) is 7.72. The number of amides is 2. The van der Waals surface area contributed by atoms with Crippen molar-refractivity contribution in [3.63, 3.8) is 0 Å². The fourth-order valence-electron chi connectivity index (χ4n) is 3.22. The molecule has 0 heterocycles. The zero-order valence-corrected chi connectivity index (χ0v) is 19.2. The summed E-state index contributed by atoms with van der Waals surface area (Å²) in [6.07, 6.45) is 1.33. The maximum absolute atomic E-state index is 13.2. The van der Waals surface area contributed by atoms with Gasteiger partial charge in [0.1, 0.15) is 17.5 Å². The number of hydrogen-bond donors (Lipinski definition) is 1. The lowest BCUT2D eigenvalue weighted by molar-refractivity contribution is -0.143. The third kappa shape index (κ3) is 7.31. The van der Waals surface area contributed by atoms with Crippen LogP contribution in [0.4, 0.5) is 0 Å². The summed E-state index contributed by atoms with van der Waals surface area (Å²) in [5.41, 5.74) is 1.97. The third-order valence-electron chi connectivity index (χ3n) is 5.25. The zero-order valence-electron chi connectivity index (χ0n) is 19.2. The molecule has 0 bridgehead atoms. The minimum atomic E-state index is -0.579. The summed E-state index contributed by atoms with van der Waals surface area (Å²) in [5.74, 6) is 0.999. The number of carbonyl (C=O) groups excluding carboxylic acids is 2. The maximum atomic E-state index is 13.2. The predicted molar refractivity (Wildman–Crippen MR) is 122 cm³/mol.